The van der Waals surface area contributed by atoms with Gasteiger partial charge in [0.05, 0.1) is 11.0 Å². The van der Waals surface area contributed by atoms with Crippen LogP contribution in [-0.4, -0.2) is 40.4 Å². The highest BCUT2D eigenvalue weighted by atomic mass is 16.1. The quantitative estimate of drug-likeness (QED) is 0.622. The number of hydrogen-bond acceptors (Lipinski definition) is 3. The van der Waals surface area contributed by atoms with Crippen molar-refractivity contribution >= 4 is 16.9 Å². The van der Waals surface area contributed by atoms with Crippen LogP contribution in [0.3, 0.4) is 0 Å². The highest BCUT2D eigenvalue weighted by Crippen LogP contribution is 2.18. The number of carbonyl (C=O) groups is 1. The van der Waals surface area contributed by atoms with Crippen molar-refractivity contribution in [3.63, 3.8) is 0 Å². The Morgan fingerprint density at radius 2 is 2.07 bits per heavy atom. The summed E-state index contributed by atoms with van der Waals surface area (Å²) in [6.45, 7) is 5.95. The normalized spacial score (nSPS) is 14.2. The molecule has 0 aliphatic carbocycles. The molecule has 0 saturated carbocycles. The molecule has 2 heterocycles. The molecule has 0 unspecified atom stereocenters. The van der Waals surface area contributed by atoms with Gasteiger partial charge in [-0.2, -0.15) is 0 Å². The number of amides is 1. The van der Waals surface area contributed by atoms with Crippen molar-refractivity contribution in [2.45, 2.75) is 39.2 Å². The maximum atomic E-state index is 12.1. The van der Waals surface area contributed by atoms with Crippen molar-refractivity contribution in [2.24, 2.45) is 0 Å². The van der Waals surface area contributed by atoms with Crippen molar-refractivity contribution in [2.75, 3.05) is 19.6 Å². The molecule has 0 bridgehead atoms. The fourth-order valence-electron chi connectivity index (χ4n) is 3.89. The van der Waals surface area contributed by atoms with Gasteiger partial charge in [-0.3, -0.25) is 9.69 Å². The van der Waals surface area contributed by atoms with E-state index < -0.39 is 0 Å². The van der Waals surface area contributed by atoms with Crippen molar-refractivity contribution < 1.29 is 4.79 Å². The first-order valence-corrected chi connectivity index (χ1v) is 10.2. The third kappa shape index (κ3) is 4.60. The summed E-state index contributed by atoms with van der Waals surface area (Å²) in [7, 11) is 0. The Morgan fingerprint density at radius 3 is 2.96 bits per heavy atom. The number of rotatable bonds is 7. The number of hydrogen-bond donors (Lipinski definition) is 2. The van der Waals surface area contributed by atoms with E-state index in [0.717, 1.165) is 55.9 Å². The van der Waals surface area contributed by atoms with Gasteiger partial charge in [0, 0.05) is 39.0 Å². The van der Waals surface area contributed by atoms with Gasteiger partial charge in [-0.1, -0.05) is 30.3 Å². The molecule has 0 atom stereocenters. The molecular formula is C23H28N4O. The van der Waals surface area contributed by atoms with E-state index in [1.165, 1.54) is 16.7 Å². The number of aromatic amines is 1. The second kappa shape index (κ2) is 8.57. The Kier molecular flexibility index (Phi) is 5.72. The second-order valence-corrected chi connectivity index (χ2v) is 7.70. The molecule has 0 spiro atoms. The minimum Gasteiger partial charge on any atom is -0.356 e. The minimum atomic E-state index is 0.0978. The van der Waals surface area contributed by atoms with Crippen LogP contribution in [-0.2, 0) is 24.2 Å². The molecule has 0 fully saturated rings. The van der Waals surface area contributed by atoms with Crippen molar-refractivity contribution in [1.29, 1.82) is 0 Å². The molecule has 28 heavy (non-hydrogen) atoms. The zero-order valence-electron chi connectivity index (χ0n) is 16.5. The zero-order valence-corrected chi connectivity index (χ0v) is 16.5. The molecule has 4 rings (SSSR count). The van der Waals surface area contributed by atoms with E-state index in [2.05, 4.69) is 63.5 Å². The number of H-pyrrole nitrogens is 1. The summed E-state index contributed by atoms with van der Waals surface area (Å²) in [6.07, 6.45) is 3.22. The van der Waals surface area contributed by atoms with Crippen LogP contribution in [0.1, 0.15) is 35.4 Å². The summed E-state index contributed by atoms with van der Waals surface area (Å²) in [5.74, 6) is 0.975. The monoisotopic (exact) mass is 376 g/mol. The van der Waals surface area contributed by atoms with Crippen LogP contribution < -0.4 is 5.32 Å². The van der Waals surface area contributed by atoms with Gasteiger partial charge in [0.25, 0.3) is 0 Å². The largest absolute Gasteiger partial charge is 0.356 e. The Bertz CT molecular complexity index is 962. The van der Waals surface area contributed by atoms with Crippen LogP contribution in [0.2, 0.25) is 0 Å². The Hall–Kier alpha value is -2.66. The molecule has 2 N–H and O–H groups in total. The van der Waals surface area contributed by atoms with E-state index in [0.29, 0.717) is 12.8 Å². The Balaban J connectivity index is 1.16. The molecule has 1 amide bonds. The van der Waals surface area contributed by atoms with Crippen molar-refractivity contribution in [1.82, 2.24) is 20.2 Å². The van der Waals surface area contributed by atoms with Crippen molar-refractivity contribution in [3.05, 3.63) is 65.0 Å². The fraction of sp³-hybridized carbons (Fsp3) is 0.391. The molecule has 146 valence electrons. The third-order valence-corrected chi connectivity index (χ3v) is 5.46. The van der Waals surface area contributed by atoms with Gasteiger partial charge in [-0.25, -0.2) is 4.98 Å². The van der Waals surface area contributed by atoms with Crippen LogP contribution >= 0.6 is 0 Å². The first-order valence-electron chi connectivity index (χ1n) is 10.2. The molecule has 5 heteroatoms. The summed E-state index contributed by atoms with van der Waals surface area (Å²) in [5.41, 5.74) is 6.13. The fourth-order valence-corrected chi connectivity index (χ4v) is 3.89. The summed E-state index contributed by atoms with van der Waals surface area (Å²) in [5, 5.41) is 3.05. The van der Waals surface area contributed by atoms with E-state index >= 15 is 0 Å². The molecule has 0 radical (unpaired) electrons. The number of aryl methyl sites for hydroxylation is 2. The SMILES string of the molecule is Cc1ccc2nc(CCC(=O)NCCCN3CCc4ccccc4C3)[nH]c2c1. The number of benzene rings is 2. The minimum absolute atomic E-state index is 0.0978. The predicted octanol–water partition coefficient (Wildman–Crippen LogP) is 3.37. The van der Waals surface area contributed by atoms with Crippen LogP contribution in [0.15, 0.2) is 42.5 Å². The molecule has 2 aromatic carbocycles. The molecular weight excluding hydrogens is 348 g/mol. The third-order valence-electron chi connectivity index (χ3n) is 5.46. The highest BCUT2D eigenvalue weighted by molar-refractivity contribution is 5.77. The molecule has 1 aromatic heterocycles. The maximum Gasteiger partial charge on any atom is 0.220 e. The van der Waals surface area contributed by atoms with Gasteiger partial charge in [0.2, 0.25) is 5.91 Å². The van der Waals surface area contributed by atoms with Gasteiger partial charge < -0.3 is 10.3 Å². The lowest BCUT2D eigenvalue weighted by Crippen LogP contribution is -2.33. The average Bonchev–Trinajstić information content (AvgIpc) is 3.11. The summed E-state index contributed by atoms with van der Waals surface area (Å²) >= 11 is 0. The lowest BCUT2D eigenvalue weighted by molar-refractivity contribution is -0.121. The summed E-state index contributed by atoms with van der Waals surface area (Å²) < 4.78 is 0. The van der Waals surface area contributed by atoms with Gasteiger partial charge in [-0.15, -0.1) is 0 Å². The molecule has 0 saturated heterocycles. The molecule has 3 aromatic rings. The van der Waals surface area contributed by atoms with E-state index in [1.54, 1.807) is 0 Å². The molecule has 5 nitrogen and oxygen atoms in total. The smallest absolute Gasteiger partial charge is 0.220 e. The number of carbonyl (C=O) groups excluding carboxylic acids is 1. The zero-order chi connectivity index (χ0) is 19.3. The first kappa shape index (κ1) is 18.7. The van der Waals surface area contributed by atoms with Crippen molar-refractivity contribution in [3.8, 4) is 0 Å². The topological polar surface area (TPSA) is 61.0 Å². The summed E-state index contributed by atoms with van der Waals surface area (Å²) in [4.78, 5) is 22.5. The highest BCUT2D eigenvalue weighted by Gasteiger charge is 2.15. The Labute approximate surface area is 166 Å². The number of imidazole rings is 1. The summed E-state index contributed by atoms with van der Waals surface area (Å²) in [6, 6.07) is 14.9. The van der Waals surface area contributed by atoms with E-state index in [4.69, 9.17) is 0 Å². The van der Waals surface area contributed by atoms with Crippen LogP contribution in [0, 0.1) is 6.92 Å². The lowest BCUT2D eigenvalue weighted by Gasteiger charge is -2.28. The Morgan fingerprint density at radius 1 is 1.21 bits per heavy atom. The maximum absolute atomic E-state index is 12.1. The number of fused-ring (bicyclic) bond motifs is 2. The number of nitrogens with zero attached hydrogens (tertiary/aromatic N) is 2. The second-order valence-electron chi connectivity index (χ2n) is 7.70. The van der Waals surface area contributed by atoms with Gasteiger partial charge in [-0.05, 0) is 48.6 Å². The van der Waals surface area contributed by atoms with Crippen LogP contribution in [0.25, 0.3) is 11.0 Å². The number of aromatic nitrogens is 2. The van der Waals surface area contributed by atoms with Gasteiger partial charge in [0.15, 0.2) is 0 Å². The molecule has 1 aliphatic rings. The lowest BCUT2D eigenvalue weighted by atomic mass is 10.00. The molecule has 1 aliphatic heterocycles. The van der Waals surface area contributed by atoms with Crippen LogP contribution in [0.5, 0.6) is 0 Å². The van der Waals surface area contributed by atoms with Gasteiger partial charge in [0.1, 0.15) is 5.82 Å². The predicted molar refractivity (Wildman–Crippen MR) is 112 cm³/mol. The van der Waals surface area contributed by atoms with E-state index in [-0.39, 0.29) is 5.91 Å². The van der Waals surface area contributed by atoms with Crippen LogP contribution in [0.4, 0.5) is 0 Å². The number of nitrogens with one attached hydrogen (secondary N) is 2. The first-order chi connectivity index (χ1) is 13.7. The van der Waals surface area contributed by atoms with E-state index in [9.17, 15) is 4.79 Å². The van der Waals surface area contributed by atoms with Gasteiger partial charge >= 0.3 is 0 Å². The standard InChI is InChI=1S/C23H28N4O/c1-17-7-8-20-21(15-17)26-22(25-20)9-10-23(28)24-12-4-13-27-14-11-18-5-2-3-6-19(18)16-27/h2-3,5-8,15H,4,9-14,16H2,1H3,(H,24,28)(H,25,26). The van der Waals surface area contributed by atoms with E-state index in [1.807, 2.05) is 6.07 Å². The average molecular weight is 377 g/mol.